The molecule has 80 valence electrons. The number of hydrogen-bond acceptors (Lipinski definition) is 3. The van der Waals surface area contributed by atoms with E-state index >= 15 is 0 Å². The molecule has 1 aromatic carbocycles. The lowest BCUT2D eigenvalue weighted by atomic mass is 10.1. The molecule has 1 heterocycles. The summed E-state index contributed by atoms with van der Waals surface area (Å²) < 4.78 is 10.8. The third kappa shape index (κ3) is 2.63. The van der Waals surface area contributed by atoms with Gasteiger partial charge in [0, 0.05) is 6.42 Å². The molecule has 2 rings (SSSR count). The van der Waals surface area contributed by atoms with Crippen molar-refractivity contribution >= 4 is 16.8 Å². The van der Waals surface area contributed by atoms with Gasteiger partial charge < -0.3 is 9.47 Å². The molecule has 0 radical (unpaired) electrons. The summed E-state index contributed by atoms with van der Waals surface area (Å²) in [4.78, 5) is 10.6. The van der Waals surface area contributed by atoms with E-state index in [-0.39, 0.29) is 5.24 Å². The molecule has 0 bridgehead atoms. The van der Waals surface area contributed by atoms with E-state index in [9.17, 15) is 4.79 Å². The van der Waals surface area contributed by atoms with Crippen molar-refractivity contribution < 1.29 is 14.3 Å². The van der Waals surface area contributed by atoms with E-state index in [2.05, 4.69) is 0 Å². The zero-order valence-corrected chi connectivity index (χ0v) is 8.92. The Bertz CT molecular complexity index is 376. The molecule has 1 aromatic rings. The lowest BCUT2D eigenvalue weighted by molar-refractivity contribution is -0.111. The Morgan fingerprint density at radius 3 is 2.73 bits per heavy atom. The number of carbonyl (C=O) groups is 1. The molecule has 0 saturated carbocycles. The molecule has 1 aliphatic heterocycles. The summed E-state index contributed by atoms with van der Waals surface area (Å²) in [5.74, 6) is 1.52. The van der Waals surface area contributed by atoms with E-state index in [1.807, 2.05) is 18.2 Å². The summed E-state index contributed by atoms with van der Waals surface area (Å²) in [6.45, 7) is 1.16. The van der Waals surface area contributed by atoms with Crippen molar-refractivity contribution in [3.05, 3.63) is 23.8 Å². The standard InChI is InChI=1S/C11H11ClO3/c12-11(13)4-2-8-1-3-9-10(7-8)15-6-5-14-9/h1,3,7H,2,4-6H2. The number of benzene rings is 1. The zero-order valence-electron chi connectivity index (χ0n) is 8.16. The van der Waals surface area contributed by atoms with Gasteiger partial charge in [-0.3, -0.25) is 4.79 Å². The SMILES string of the molecule is O=C(Cl)CCc1ccc2c(c1)OCCO2. The molecule has 0 fully saturated rings. The van der Waals surface area contributed by atoms with Crippen molar-refractivity contribution in [2.75, 3.05) is 13.2 Å². The molecule has 0 atom stereocenters. The van der Waals surface area contributed by atoms with Crippen LogP contribution in [0.3, 0.4) is 0 Å². The lowest BCUT2D eigenvalue weighted by Crippen LogP contribution is -2.15. The van der Waals surface area contributed by atoms with Crippen molar-refractivity contribution in [3.8, 4) is 11.5 Å². The Balaban J connectivity index is 2.10. The highest BCUT2D eigenvalue weighted by Gasteiger charge is 2.11. The van der Waals surface area contributed by atoms with Crippen LogP contribution in [0.15, 0.2) is 18.2 Å². The molecular weight excluding hydrogens is 216 g/mol. The first-order valence-corrected chi connectivity index (χ1v) is 5.20. The van der Waals surface area contributed by atoms with Crippen molar-refractivity contribution in [3.63, 3.8) is 0 Å². The molecular formula is C11H11ClO3. The lowest BCUT2D eigenvalue weighted by Gasteiger charge is -2.18. The highest BCUT2D eigenvalue weighted by Crippen LogP contribution is 2.31. The fraction of sp³-hybridized carbons (Fsp3) is 0.364. The van der Waals surface area contributed by atoms with Gasteiger partial charge in [0.05, 0.1) is 0 Å². The van der Waals surface area contributed by atoms with Crippen LogP contribution in [0.25, 0.3) is 0 Å². The minimum absolute atomic E-state index is 0.315. The molecule has 0 aromatic heterocycles. The highest BCUT2D eigenvalue weighted by atomic mass is 35.5. The van der Waals surface area contributed by atoms with E-state index in [1.54, 1.807) is 0 Å². The van der Waals surface area contributed by atoms with Crippen LogP contribution in [0.4, 0.5) is 0 Å². The van der Waals surface area contributed by atoms with Crippen LogP contribution in [0, 0.1) is 0 Å². The maximum atomic E-state index is 10.6. The van der Waals surface area contributed by atoms with E-state index in [0.717, 1.165) is 17.1 Å². The summed E-state index contributed by atoms with van der Waals surface area (Å²) in [7, 11) is 0. The second kappa shape index (κ2) is 4.53. The van der Waals surface area contributed by atoms with Gasteiger partial charge in [0.1, 0.15) is 13.2 Å². The minimum Gasteiger partial charge on any atom is -0.486 e. The first kappa shape index (κ1) is 10.3. The summed E-state index contributed by atoms with van der Waals surface area (Å²) in [5, 5.41) is -0.315. The Labute approximate surface area is 92.9 Å². The second-order valence-corrected chi connectivity index (χ2v) is 3.75. The molecule has 3 nitrogen and oxygen atoms in total. The Morgan fingerprint density at radius 2 is 2.00 bits per heavy atom. The van der Waals surface area contributed by atoms with Crippen LogP contribution in [0.1, 0.15) is 12.0 Å². The predicted molar refractivity (Wildman–Crippen MR) is 56.6 cm³/mol. The van der Waals surface area contributed by atoms with E-state index in [4.69, 9.17) is 21.1 Å². The smallest absolute Gasteiger partial charge is 0.221 e. The monoisotopic (exact) mass is 226 g/mol. The van der Waals surface area contributed by atoms with Crippen LogP contribution in [-0.4, -0.2) is 18.5 Å². The van der Waals surface area contributed by atoms with Crippen molar-refractivity contribution in [2.24, 2.45) is 0 Å². The minimum atomic E-state index is -0.315. The fourth-order valence-corrected chi connectivity index (χ4v) is 1.58. The number of fused-ring (bicyclic) bond motifs is 1. The van der Waals surface area contributed by atoms with Crippen molar-refractivity contribution in [1.82, 2.24) is 0 Å². The second-order valence-electron chi connectivity index (χ2n) is 3.33. The number of aryl methyl sites for hydroxylation is 1. The van der Waals surface area contributed by atoms with Crippen LogP contribution in [0.5, 0.6) is 11.5 Å². The maximum Gasteiger partial charge on any atom is 0.221 e. The first-order chi connectivity index (χ1) is 7.25. The summed E-state index contributed by atoms with van der Waals surface area (Å²) >= 11 is 5.28. The third-order valence-corrected chi connectivity index (χ3v) is 2.41. The molecule has 1 aliphatic rings. The number of hydrogen-bond donors (Lipinski definition) is 0. The van der Waals surface area contributed by atoms with Gasteiger partial charge in [-0.15, -0.1) is 0 Å². The average molecular weight is 227 g/mol. The largest absolute Gasteiger partial charge is 0.486 e. The van der Waals surface area contributed by atoms with Gasteiger partial charge >= 0.3 is 0 Å². The third-order valence-electron chi connectivity index (χ3n) is 2.22. The zero-order chi connectivity index (χ0) is 10.7. The van der Waals surface area contributed by atoms with Crippen LogP contribution < -0.4 is 9.47 Å². The molecule has 0 amide bonds. The summed E-state index contributed by atoms with van der Waals surface area (Å²) in [5.41, 5.74) is 1.04. The number of rotatable bonds is 3. The maximum absolute atomic E-state index is 10.6. The first-order valence-electron chi connectivity index (χ1n) is 4.82. The van der Waals surface area contributed by atoms with E-state index in [0.29, 0.717) is 26.1 Å². The van der Waals surface area contributed by atoms with Gasteiger partial charge in [-0.2, -0.15) is 0 Å². The fourth-order valence-electron chi connectivity index (χ4n) is 1.49. The number of carbonyl (C=O) groups excluding carboxylic acids is 1. The predicted octanol–water partition coefficient (Wildman–Crippen LogP) is 2.16. The molecule has 0 aliphatic carbocycles. The Hall–Kier alpha value is -1.22. The molecule has 0 unspecified atom stereocenters. The highest BCUT2D eigenvalue weighted by molar-refractivity contribution is 6.63. The molecule has 0 saturated heterocycles. The molecule has 4 heteroatoms. The van der Waals surface area contributed by atoms with Crippen molar-refractivity contribution in [1.29, 1.82) is 0 Å². The van der Waals surface area contributed by atoms with Gasteiger partial charge in [0.25, 0.3) is 0 Å². The van der Waals surface area contributed by atoms with Gasteiger partial charge in [0.15, 0.2) is 11.5 Å². The Kier molecular flexibility index (Phi) is 3.11. The quantitative estimate of drug-likeness (QED) is 0.741. The van der Waals surface area contributed by atoms with Gasteiger partial charge in [-0.1, -0.05) is 6.07 Å². The molecule has 0 N–H and O–H groups in total. The Morgan fingerprint density at radius 1 is 1.27 bits per heavy atom. The molecule has 0 spiro atoms. The average Bonchev–Trinajstić information content (AvgIpc) is 2.26. The van der Waals surface area contributed by atoms with Crippen molar-refractivity contribution in [2.45, 2.75) is 12.8 Å². The van der Waals surface area contributed by atoms with Crippen LogP contribution >= 0.6 is 11.6 Å². The van der Waals surface area contributed by atoms with Gasteiger partial charge in [-0.05, 0) is 35.7 Å². The molecule has 15 heavy (non-hydrogen) atoms. The summed E-state index contributed by atoms with van der Waals surface area (Å²) in [6, 6.07) is 5.68. The van der Waals surface area contributed by atoms with Crippen LogP contribution in [0.2, 0.25) is 0 Å². The van der Waals surface area contributed by atoms with Crippen LogP contribution in [-0.2, 0) is 11.2 Å². The van der Waals surface area contributed by atoms with Gasteiger partial charge in [-0.25, -0.2) is 0 Å². The normalized spacial score (nSPS) is 13.7. The summed E-state index contributed by atoms with van der Waals surface area (Å²) in [6.07, 6.45) is 0.986. The number of halogens is 1. The van der Waals surface area contributed by atoms with E-state index in [1.165, 1.54) is 0 Å². The topological polar surface area (TPSA) is 35.5 Å². The van der Waals surface area contributed by atoms with E-state index < -0.39 is 0 Å². The number of ether oxygens (including phenoxy) is 2. The van der Waals surface area contributed by atoms with Gasteiger partial charge in [0.2, 0.25) is 5.24 Å².